The normalized spacial score (nSPS) is 21.6. The van der Waals surface area contributed by atoms with E-state index in [0.717, 1.165) is 37.9 Å². The molecule has 0 radical (unpaired) electrons. The Morgan fingerprint density at radius 1 is 1.37 bits per heavy atom. The number of piperidine rings is 1. The summed E-state index contributed by atoms with van der Waals surface area (Å²) >= 11 is 0. The molecule has 2 aromatic rings. The van der Waals surface area contributed by atoms with Gasteiger partial charge in [0.15, 0.2) is 12.1 Å². The average Bonchev–Trinajstić information content (AvgIpc) is 3.37. The lowest BCUT2D eigenvalue weighted by atomic mass is 9.78. The molecule has 0 saturated carbocycles. The molecule has 1 spiro atoms. The highest BCUT2D eigenvalue weighted by molar-refractivity contribution is 5.91. The number of carbonyl (C=O) groups excluding carboxylic acids is 1. The number of hydrogen-bond acceptors (Lipinski definition) is 6. The maximum atomic E-state index is 12.4. The van der Waals surface area contributed by atoms with E-state index in [2.05, 4.69) is 9.97 Å². The van der Waals surface area contributed by atoms with Crippen LogP contribution in [0.5, 0.6) is 0 Å². The summed E-state index contributed by atoms with van der Waals surface area (Å²) in [4.78, 5) is 22.3. The Balaban J connectivity index is 1.26. The molecule has 0 aliphatic carbocycles. The van der Waals surface area contributed by atoms with Gasteiger partial charge in [0.05, 0.1) is 12.2 Å². The summed E-state index contributed by atoms with van der Waals surface area (Å²) in [5.74, 6) is 0.420. The smallest absolute Gasteiger partial charge is 0.275 e. The summed E-state index contributed by atoms with van der Waals surface area (Å²) in [5.41, 5.74) is 1.35. The van der Waals surface area contributed by atoms with Crippen LogP contribution in [0.4, 0.5) is 0 Å². The number of nitrogens with zero attached hydrogens (tertiary/aromatic N) is 3. The van der Waals surface area contributed by atoms with Crippen LogP contribution in [0.2, 0.25) is 0 Å². The maximum Gasteiger partial charge on any atom is 0.275 e. The third-order valence-electron chi connectivity index (χ3n) is 5.75. The molecule has 4 heterocycles. The van der Waals surface area contributed by atoms with Gasteiger partial charge in [-0.2, -0.15) is 0 Å². The van der Waals surface area contributed by atoms with Gasteiger partial charge < -0.3 is 18.8 Å². The zero-order valence-electron chi connectivity index (χ0n) is 15.4. The molecular formula is C20H25N3O4. The number of amides is 1. The second-order valence-corrected chi connectivity index (χ2v) is 7.27. The summed E-state index contributed by atoms with van der Waals surface area (Å²) in [7, 11) is 0. The lowest BCUT2D eigenvalue weighted by Crippen LogP contribution is -2.49. The van der Waals surface area contributed by atoms with E-state index in [9.17, 15) is 4.79 Å². The summed E-state index contributed by atoms with van der Waals surface area (Å²) in [6.07, 6.45) is 10.1. The van der Waals surface area contributed by atoms with Gasteiger partial charge in [-0.25, -0.2) is 4.98 Å². The molecule has 4 rings (SSSR count). The van der Waals surface area contributed by atoms with Gasteiger partial charge in [-0.15, -0.1) is 0 Å². The van der Waals surface area contributed by atoms with Crippen molar-refractivity contribution in [2.75, 3.05) is 26.3 Å². The third kappa shape index (κ3) is 4.04. The first-order valence-corrected chi connectivity index (χ1v) is 9.55. The van der Waals surface area contributed by atoms with Gasteiger partial charge in [0, 0.05) is 38.7 Å². The highest BCUT2D eigenvalue weighted by atomic mass is 16.5. The van der Waals surface area contributed by atoms with Crippen molar-refractivity contribution in [3.05, 3.63) is 48.4 Å². The second kappa shape index (κ2) is 8.19. The van der Waals surface area contributed by atoms with Crippen LogP contribution < -0.4 is 0 Å². The zero-order chi connectivity index (χ0) is 18.5. The van der Waals surface area contributed by atoms with Crippen molar-refractivity contribution in [2.45, 2.75) is 37.9 Å². The number of oxazole rings is 1. The van der Waals surface area contributed by atoms with E-state index in [4.69, 9.17) is 13.9 Å². The molecule has 2 aliphatic rings. The van der Waals surface area contributed by atoms with Crippen LogP contribution in [0.3, 0.4) is 0 Å². The average molecular weight is 371 g/mol. The third-order valence-corrected chi connectivity index (χ3v) is 5.75. The predicted octanol–water partition coefficient (Wildman–Crippen LogP) is 2.69. The molecule has 0 aromatic carbocycles. The largest absolute Gasteiger partial charge is 0.451 e. The van der Waals surface area contributed by atoms with Crippen molar-refractivity contribution in [1.29, 1.82) is 0 Å². The lowest BCUT2D eigenvalue weighted by molar-refractivity contribution is -0.0675. The molecule has 2 aromatic heterocycles. The summed E-state index contributed by atoms with van der Waals surface area (Å²) in [5, 5.41) is 0. The van der Waals surface area contributed by atoms with Crippen LogP contribution in [0.15, 0.2) is 41.6 Å². The van der Waals surface area contributed by atoms with Crippen molar-refractivity contribution in [1.82, 2.24) is 14.9 Å². The van der Waals surface area contributed by atoms with E-state index in [1.165, 1.54) is 12.7 Å². The van der Waals surface area contributed by atoms with Crippen LogP contribution >= 0.6 is 0 Å². The van der Waals surface area contributed by atoms with Crippen molar-refractivity contribution in [3.63, 3.8) is 0 Å². The molecule has 1 amide bonds. The molecule has 7 nitrogen and oxygen atoms in total. The standard InChI is InChI=1S/C20H25N3O4/c24-19(18-14-26-15-22-18)23-8-5-20(6-9-23)17(4-11-27-20)3-10-25-13-16-2-1-7-21-12-16/h1-2,7,12,14-15,17H,3-6,8-11,13H2/t17-/m1/s1. The van der Waals surface area contributed by atoms with Crippen LogP contribution in [-0.4, -0.2) is 52.7 Å². The molecule has 1 atom stereocenters. The number of ether oxygens (including phenoxy) is 2. The topological polar surface area (TPSA) is 77.7 Å². The number of carbonyl (C=O) groups is 1. The highest BCUT2D eigenvalue weighted by Crippen LogP contribution is 2.42. The summed E-state index contributed by atoms with van der Waals surface area (Å²) < 4.78 is 17.0. The molecule has 0 bridgehead atoms. The molecule has 2 aliphatic heterocycles. The fourth-order valence-corrected chi connectivity index (χ4v) is 4.21. The van der Waals surface area contributed by atoms with E-state index in [1.807, 2.05) is 23.2 Å². The minimum absolute atomic E-state index is 0.0621. The first-order chi connectivity index (χ1) is 13.3. The zero-order valence-corrected chi connectivity index (χ0v) is 15.4. The minimum Gasteiger partial charge on any atom is -0.451 e. The number of pyridine rings is 1. The molecule has 0 N–H and O–H groups in total. The Hall–Kier alpha value is -2.25. The van der Waals surface area contributed by atoms with Gasteiger partial charge in [-0.05, 0) is 43.2 Å². The number of hydrogen-bond donors (Lipinski definition) is 0. The van der Waals surface area contributed by atoms with E-state index in [0.29, 0.717) is 37.9 Å². The molecular weight excluding hydrogens is 346 g/mol. The fraction of sp³-hybridized carbons (Fsp3) is 0.550. The fourth-order valence-electron chi connectivity index (χ4n) is 4.21. The summed E-state index contributed by atoms with van der Waals surface area (Å²) in [6, 6.07) is 3.95. The Bertz CT molecular complexity index is 727. The van der Waals surface area contributed by atoms with Gasteiger partial charge in [0.2, 0.25) is 0 Å². The Kier molecular flexibility index (Phi) is 5.50. The molecule has 7 heteroatoms. The van der Waals surface area contributed by atoms with Gasteiger partial charge in [-0.3, -0.25) is 9.78 Å². The van der Waals surface area contributed by atoms with E-state index < -0.39 is 0 Å². The highest BCUT2D eigenvalue weighted by Gasteiger charge is 2.46. The van der Waals surface area contributed by atoms with E-state index in [1.54, 1.807) is 6.20 Å². The lowest BCUT2D eigenvalue weighted by Gasteiger charge is -2.42. The molecule has 144 valence electrons. The maximum absolute atomic E-state index is 12.4. The SMILES string of the molecule is O=C(c1cocn1)N1CCC2(CC1)OCC[C@H]2CCOCc1cccnc1. The van der Waals surface area contributed by atoms with Crippen molar-refractivity contribution in [3.8, 4) is 0 Å². The van der Waals surface area contributed by atoms with Crippen molar-refractivity contribution in [2.24, 2.45) is 5.92 Å². The predicted molar refractivity (Wildman–Crippen MR) is 96.9 cm³/mol. The quantitative estimate of drug-likeness (QED) is 0.727. The van der Waals surface area contributed by atoms with Crippen LogP contribution in [-0.2, 0) is 16.1 Å². The van der Waals surface area contributed by atoms with Gasteiger partial charge >= 0.3 is 0 Å². The monoisotopic (exact) mass is 371 g/mol. The molecule has 2 fully saturated rings. The minimum atomic E-state index is -0.113. The van der Waals surface area contributed by atoms with Gasteiger partial charge in [-0.1, -0.05) is 6.07 Å². The van der Waals surface area contributed by atoms with Crippen LogP contribution in [0, 0.1) is 5.92 Å². The first-order valence-electron chi connectivity index (χ1n) is 9.55. The number of likely N-dealkylation sites (tertiary alicyclic amines) is 1. The molecule has 27 heavy (non-hydrogen) atoms. The van der Waals surface area contributed by atoms with Crippen LogP contribution in [0.25, 0.3) is 0 Å². The van der Waals surface area contributed by atoms with E-state index >= 15 is 0 Å². The number of aromatic nitrogens is 2. The Labute approximate surface area is 158 Å². The number of rotatable bonds is 6. The summed E-state index contributed by atoms with van der Waals surface area (Å²) in [6.45, 7) is 3.49. The van der Waals surface area contributed by atoms with Crippen molar-refractivity contribution < 1.29 is 18.7 Å². The van der Waals surface area contributed by atoms with Gasteiger partial charge in [0.25, 0.3) is 5.91 Å². The Morgan fingerprint density at radius 2 is 2.26 bits per heavy atom. The Morgan fingerprint density at radius 3 is 3.00 bits per heavy atom. The van der Waals surface area contributed by atoms with Gasteiger partial charge in [0.1, 0.15) is 6.26 Å². The first kappa shape index (κ1) is 18.1. The second-order valence-electron chi connectivity index (χ2n) is 7.27. The molecule has 0 unspecified atom stereocenters. The van der Waals surface area contributed by atoms with Crippen molar-refractivity contribution >= 4 is 5.91 Å². The van der Waals surface area contributed by atoms with Crippen LogP contribution in [0.1, 0.15) is 41.7 Å². The molecule has 2 saturated heterocycles. The van der Waals surface area contributed by atoms with E-state index in [-0.39, 0.29) is 11.5 Å².